The average molecular weight is 279 g/mol. The average Bonchev–Trinajstić information content (AvgIpc) is 2.98. The van der Waals surface area contributed by atoms with Crippen LogP contribution < -0.4 is 11.5 Å². The van der Waals surface area contributed by atoms with Gasteiger partial charge in [-0.15, -0.1) is 0 Å². The predicted octanol–water partition coefficient (Wildman–Crippen LogP) is 1.62. The highest BCUT2D eigenvalue weighted by Gasteiger charge is 2.10. The van der Waals surface area contributed by atoms with Crippen molar-refractivity contribution in [2.45, 2.75) is 0 Å². The van der Waals surface area contributed by atoms with Crippen LogP contribution in [0.1, 0.15) is 10.4 Å². The Morgan fingerprint density at radius 1 is 1.14 bits per heavy atom. The molecule has 0 bridgehead atoms. The first kappa shape index (κ1) is 12.9. The van der Waals surface area contributed by atoms with E-state index < -0.39 is 5.91 Å². The number of hydrogen-bond acceptors (Lipinski definition) is 4. The normalized spacial score (nSPS) is 10.5. The van der Waals surface area contributed by atoms with Crippen molar-refractivity contribution in [1.29, 1.82) is 0 Å². The van der Waals surface area contributed by atoms with Crippen LogP contribution in [0.15, 0.2) is 55.0 Å². The highest BCUT2D eigenvalue weighted by Crippen LogP contribution is 2.20. The summed E-state index contributed by atoms with van der Waals surface area (Å²) in [6.45, 7) is 0. The Kier molecular flexibility index (Phi) is 3.12. The molecule has 3 aromatic rings. The number of rotatable bonds is 3. The molecule has 0 unspecified atom stereocenters. The summed E-state index contributed by atoms with van der Waals surface area (Å²) in [4.78, 5) is 19.9. The molecule has 104 valence electrons. The van der Waals surface area contributed by atoms with Gasteiger partial charge in [0.05, 0.1) is 17.4 Å². The van der Waals surface area contributed by atoms with E-state index in [0.29, 0.717) is 22.9 Å². The number of benzene rings is 1. The number of anilines is 1. The molecule has 21 heavy (non-hydrogen) atoms. The van der Waals surface area contributed by atoms with Crippen molar-refractivity contribution in [1.82, 2.24) is 14.5 Å². The molecule has 0 saturated carbocycles. The molecule has 0 spiro atoms. The molecule has 0 aliphatic rings. The summed E-state index contributed by atoms with van der Waals surface area (Å²) in [6.07, 6.45) is 4.83. The van der Waals surface area contributed by atoms with Gasteiger partial charge < -0.3 is 16.0 Å². The lowest BCUT2D eigenvalue weighted by molar-refractivity contribution is 0.100. The first-order valence-electron chi connectivity index (χ1n) is 6.31. The van der Waals surface area contributed by atoms with E-state index in [1.54, 1.807) is 29.2 Å². The fraction of sp³-hybridized carbons (Fsp3) is 0. The molecule has 6 nitrogen and oxygen atoms in total. The van der Waals surface area contributed by atoms with Gasteiger partial charge in [0.1, 0.15) is 0 Å². The third-order valence-corrected chi connectivity index (χ3v) is 3.05. The molecule has 0 radical (unpaired) electrons. The van der Waals surface area contributed by atoms with E-state index in [1.165, 1.54) is 0 Å². The number of amides is 1. The van der Waals surface area contributed by atoms with Gasteiger partial charge in [-0.2, -0.15) is 0 Å². The molecule has 0 aliphatic heterocycles. The fourth-order valence-electron chi connectivity index (χ4n) is 1.99. The Balaban J connectivity index is 2.07. The SMILES string of the molecule is NC(=O)c1ccn(-c2nc(-c3ccccc3)ncc2N)c1. The van der Waals surface area contributed by atoms with Gasteiger partial charge in [0, 0.05) is 18.0 Å². The van der Waals surface area contributed by atoms with Crippen LogP contribution in [0.5, 0.6) is 0 Å². The van der Waals surface area contributed by atoms with Crippen LogP contribution in [0.2, 0.25) is 0 Å². The van der Waals surface area contributed by atoms with Crippen LogP contribution in [0, 0.1) is 0 Å². The number of aromatic nitrogens is 3. The fourth-order valence-corrected chi connectivity index (χ4v) is 1.99. The summed E-state index contributed by atoms with van der Waals surface area (Å²) in [5.41, 5.74) is 12.9. The van der Waals surface area contributed by atoms with Crippen molar-refractivity contribution in [2.75, 3.05) is 5.73 Å². The van der Waals surface area contributed by atoms with Gasteiger partial charge in [-0.1, -0.05) is 30.3 Å². The molecule has 1 aromatic carbocycles. The molecule has 3 rings (SSSR count). The van der Waals surface area contributed by atoms with Gasteiger partial charge in [0.25, 0.3) is 0 Å². The Morgan fingerprint density at radius 2 is 1.90 bits per heavy atom. The van der Waals surface area contributed by atoms with E-state index >= 15 is 0 Å². The minimum atomic E-state index is -0.496. The Bertz CT molecular complexity index is 795. The summed E-state index contributed by atoms with van der Waals surface area (Å²) in [5, 5.41) is 0. The zero-order valence-electron chi connectivity index (χ0n) is 11.1. The Hall–Kier alpha value is -3.15. The van der Waals surface area contributed by atoms with Gasteiger partial charge in [0.2, 0.25) is 5.91 Å². The maximum atomic E-state index is 11.2. The summed E-state index contributed by atoms with van der Waals surface area (Å²) in [7, 11) is 0. The van der Waals surface area contributed by atoms with E-state index in [4.69, 9.17) is 11.5 Å². The highest BCUT2D eigenvalue weighted by atomic mass is 16.1. The van der Waals surface area contributed by atoms with Gasteiger partial charge in [0.15, 0.2) is 11.6 Å². The first-order chi connectivity index (χ1) is 10.1. The Morgan fingerprint density at radius 3 is 2.57 bits per heavy atom. The summed E-state index contributed by atoms with van der Waals surface area (Å²) >= 11 is 0. The number of carbonyl (C=O) groups excluding carboxylic acids is 1. The number of primary amides is 1. The summed E-state index contributed by atoms with van der Waals surface area (Å²) in [5.74, 6) is 0.579. The quantitative estimate of drug-likeness (QED) is 0.760. The van der Waals surface area contributed by atoms with Gasteiger partial charge in [-0.25, -0.2) is 9.97 Å². The second-order valence-electron chi connectivity index (χ2n) is 4.51. The van der Waals surface area contributed by atoms with Crippen molar-refractivity contribution < 1.29 is 4.79 Å². The van der Waals surface area contributed by atoms with Crippen molar-refractivity contribution in [3.05, 3.63) is 60.6 Å². The summed E-state index contributed by atoms with van der Waals surface area (Å²) < 4.78 is 1.66. The van der Waals surface area contributed by atoms with E-state index in [1.807, 2.05) is 30.3 Å². The van der Waals surface area contributed by atoms with Crippen LogP contribution in [0.25, 0.3) is 17.2 Å². The molecular weight excluding hydrogens is 266 g/mol. The van der Waals surface area contributed by atoms with Crippen molar-refractivity contribution in [3.8, 4) is 17.2 Å². The highest BCUT2D eigenvalue weighted by molar-refractivity contribution is 5.92. The maximum Gasteiger partial charge on any atom is 0.250 e. The molecular formula is C15H13N5O. The molecule has 0 fully saturated rings. The lowest BCUT2D eigenvalue weighted by atomic mass is 10.2. The second kappa shape index (κ2) is 5.09. The number of nitrogens with two attached hydrogens (primary N) is 2. The summed E-state index contributed by atoms with van der Waals surface area (Å²) in [6, 6.07) is 11.2. The molecule has 1 amide bonds. The zero-order chi connectivity index (χ0) is 14.8. The van der Waals surface area contributed by atoms with Crippen molar-refractivity contribution >= 4 is 11.6 Å². The predicted molar refractivity (Wildman–Crippen MR) is 79.7 cm³/mol. The second-order valence-corrected chi connectivity index (χ2v) is 4.51. The number of nitrogens with zero attached hydrogens (tertiary/aromatic N) is 3. The van der Waals surface area contributed by atoms with Crippen molar-refractivity contribution in [3.63, 3.8) is 0 Å². The van der Waals surface area contributed by atoms with Gasteiger partial charge in [-0.3, -0.25) is 4.79 Å². The van der Waals surface area contributed by atoms with E-state index in [2.05, 4.69) is 9.97 Å². The van der Waals surface area contributed by atoms with Crippen LogP contribution in [0.4, 0.5) is 5.69 Å². The molecule has 6 heteroatoms. The van der Waals surface area contributed by atoms with Crippen LogP contribution in [-0.2, 0) is 0 Å². The topological polar surface area (TPSA) is 99.8 Å². The van der Waals surface area contributed by atoms with Gasteiger partial charge in [-0.05, 0) is 6.07 Å². The standard InChI is InChI=1S/C15H13N5O/c16-12-8-18-14(10-4-2-1-3-5-10)19-15(12)20-7-6-11(9-20)13(17)21/h1-9H,16H2,(H2,17,21). The Labute approximate surface area is 121 Å². The van der Waals surface area contributed by atoms with Crippen LogP contribution in [0.3, 0.4) is 0 Å². The largest absolute Gasteiger partial charge is 0.394 e. The van der Waals surface area contributed by atoms with Crippen LogP contribution >= 0.6 is 0 Å². The number of nitrogen functional groups attached to an aromatic ring is 1. The third kappa shape index (κ3) is 2.46. The van der Waals surface area contributed by atoms with E-state index in [9.17, 15) is 4.79 Å². The number of carbonyl (C=O) groups is 1. The number of hydrogen-bond donors (Lipinski definition) is 2. The van der Waals surface area contributed by atoms with Crippen LogP contribution in [-0.4, -0.2) is 20.4 Å². The minimum Gasteiger partial charge on any atom is -0.394 e. The molecule has 0 aliphatic carbocycles. The molecule has 0 saturated heterocycles. The molecule has 4 N–H and O–H groups in total. The molecule has 2 heterocycles. The lowest BCUT2D eigenvalue weighted by Crippen LogP contribution is -2.10. The van der Waals surface area contributed by atoms with Crippen molar-refractivity contribution in [2.24, 2.45) is 5.73 Å². The lowest BCUT2D eigenvalue weighted by Gasteiger charge is -2.08. The minimum absolute atomic E-state index is 0.397. The zero-order valence-corrected chi connectivity index (χ0v) is 11.1. The monoisotopic (exact) mass is 279 g/mol. The third-order valence-electron chi connectivity index (χ3n) is 3.05. The molecule has 0 atom stereocenters. The van der Waals surface area contributed by atoms with E-state index in [0.717, 1.165) is 5.56 Å². The first-order valence-corrected chi connectivity index (χ1v) is 6.31. The van der Waals surface area contributed by atoms with E-state index in [-0.39, 0.29) is 0 Å². The van der Waals surface area contributed by atoms with Gasteiger partial charge >= 0.3 is 0 Å². The molecule has 2 aromatic heterocycles. The maximum absolute atomic E-state index is 11.2. The smallest absolute Gasteiger partial charge is 0.250 e.